The first-order valence-corrected chi connectivity index (χ1v) is 5.55. The average Bonchev–Trinajstić information content (AvgIpc) is 2.34. The van der Waals surface area contributed by atoms with Gasteiger partial charge >= 0.3 is 0 Å². The minimum atomic E-state index is 0.165. The van der Waals surface area contributed by atoms with Gasteiger partial charge in [0.15, 0.2) is 0 Å². The highest BCUT2D eigenvalue weighted by Crippen LogP contribution is 2.20. The molecular weight excluding hydrogens is 212 g/mol. The van der Waals surface area contributed by atoms with Crippen molar-refractivity contribution in [3.63, 3.8) is 0 Å². The third-order valence-corrected chi connectivity index (χ3v) is 2.64. The van der Waals surface area contributed by atoms with E-state index in [4.69, 9.17) is 5.73 Å². The fourth-order valence-electron chi connectivity index (χ4n) is 1.67. The zero-order valence-corrected chi connectivity index (χ0v) is 10.0. The van der Waals surface area contributed by atoms with Gasteiger partial charge in [0.05, 0.1) is 17.9 Å². The Morgan fingerprint density at radius 1 is 1.35 bits per heavy atom. The van der Waals surface area contributed by atoms with Crippen molar-refractivity contribution in [2.45, 2.75) is 19.9 Å². The van der Waals surface area contributed by atoms with E-state index in [1.54, 1.807) is 12.4 Å². The van der Waals surface area contributed by atoms with Crippen LogP contribution in [0.3, 0.4) is 0 Å². The van der Waals surface area contributed by atoms with Crippen molar-refractivity contribution in [3.8, 4) is 0 Å². The largest absolute Gasteiger partial charge is 0.397 e. The van der Waals surface area contributed by atoms with Gasteiger partial charge in [0.2, 0.25) is 0 Å². The number of rotatable bonds is 3. The second-order valence-corrected chi connectivity index (χ2v) is 4.09. The Kier molecular flexibility index (Phi) is 3.23. The van der Waals surface area contributed by atoms with Crippen LogP contribution in [0.2, 0.25) is 0 Å². The second-order valence-electron chi connectivity index (χ2n) is 4.09. The normalized spacial score (nSPS) is 12.1. The van der Waals surface area contributed by atoms with Gasteiger partial charge < -0.3 is 11.1 Å². The Bertz CT molecular complexity index is 496. The predicted molar refractivity (Wildman–Crippen MR) is 69.7 cm³/mol. The van der Waals surface area contributed by atoms with Gasteiger partial charge in [-0.2, -0.15) is 0 Å². The number of anilines is 2. The fourth-order valence-corrected chi connectivity index (χ4v) is 1.67. The summed E-state index contributed by atoms with van der Waals surface area (Å²) < 4.78 is 0. The van der Waals surface area contributed by atoms with E-state index in [1.807, 2.05) is 31.3 Å². The molecule has 17 heavy (non-hydrogen) atoms. The number of nitrogens with one attached hydrogen (secondary N) is 1. The van der Waals surface area contributed by atoms with E-state index in [0.29, 0.717) is 5.69 Å². The second kappa shape index (κ2) is 4.82. The average molecular weight is 228 g/mol. The topological polar surface area (TPSA) is 63.8 Å². The van der Waals surface area contributed by atoms with Crippen molar-refractivity contribution in [2.75, 3.05) is 11.1 Å². The summed E-state index contributed by atoms with van der Waals surface area (Å²) in [4.78, 5) is 8.39. The Labute approximate surface area is 101 Å². The van der Waals surface area contributed by atoms with E-state index in [0.717, 1.165) is 16.9 Å². The first-order chi connectivity index (χ1) is 8.16. The molecule has 4 nitrogen and oxygen atoms in total. The van der Waals surface area contributed by atoms with E-state index >= 15 is 0 Å². The highest BCUT2D eigenvalue weighted by Gasteiger charge is 2.07. The van der Waals surface area contributed by atoms with Crippen LogP contribution in [0.4, 0.5) is 11.5 Å². The molecule has 1 atom stereocenters. The lowest BCUT2D eigenvalue weighted by molar-refractivity contribution is 0.863. The Balaban J connectivity index is 2.16. The summed E-state index contributed by atoms with van der Waals surface area (Å²) in [5.74, 6) is 0.857. The van der Waals surface area contributed by atoms with Crippen molar-refractivity contribution in [2.24, 2.45) is 0 Å². The smallest absolute Gasteiger partial charge is 0.129 e. The predicted octanol–water partition coefficient (Wildman–Crippen LogP) is 2.54. The van der Waals surface area contributed by atoms with E-state index in [1.165, 1.54) is 0 Å². The number of nitrogens with two attached hydrogens (primary N) is 1. The Morgan fingerprint density at radius 2 is 2.18 bits per heavy atom. The van der Waals surface area contributed by atoms with E-state index in [-0.39, 0.29) is 6.04 Å². The van der Waals surface area contributed by atoms with E-state index < -0.39 is 0 Å². The molecule has 0 radical (unpaired) electrons. The lowest BCUT2D eigenvalue weighted by atomic mass is 10.1. The molecular formula is C13H16N4. The first kappa shape index (κ1) is 11.4. The van der Waals surface area contributed by atoms with Crippen molar-refractivity contribution in [1.82, 2.24) is 9.97 Å². The number of hydrogen-bond donors (Lipinski definition) is 2. The summed E-state index contributed by atoms with van der Waals surface area (Å²) >= 11 is 0. The fraction of sp³-hybridized carbons (Fsp3) is 0.231. The zero-order valence-electron chi connectivity index (χ0n) is 10.0. The molecule has 2 aromatic heterocycles. The maximum Gasteiger partial charge on any atom is 0.129 e. The third-order valence-electron chi connectivity index (χ3n) is 2.64. The van der Waals surface area contributed by atoms with E-state index in [9.17, 15) is 0 Å². The molecule has 0 aliphatic rings. The number of hydrogen-bond acceptors (Lipinski definition) is 4. The van der Waals surface area contributed by atoms with Crippen LogP contribution < -0.4 is 11.1 Å². The van der Waals surface area contributed by atoms with Gasteiger partial charge in [0, 0.05) is 12.4 Å². The molecule has 0 saturated heterocycles. The van der Waals surface area contributed by atoms with Crippen LogP contribution in [0.25, 0.3) is 0 Å². The summed E-state index contributed by atoms with van der Waals surface area (Å²) in [6.07, 6.45) is 5.28. The number of nitrogen functional groups attached to an aromatic ring is 1. The van der Waals surface area contributed by atoms with E-state index in [2.05, 4.69) is 22.2 Å². The van der Waals surface area contributed by atoms with Gasteiger partial charge in [-0.15, -0.1) is 0 Å². The minimum absolute atomic E-state index is 0.165. The summed E-state index contributed by atoms with van der Waals surface area (Å²) in [6.45, 7) is 4.07. The highest BCUT2D eigenvalue weighted by molar-refractivity contribution is 5.51. The molecule has 4 heteroatoms. The third kappa shape index (κ3) is 2.72. The van der Waals surface area contributed by atoms with Gasteiger partial charge in [0.1, 0.15) is 5.82 Å². The van der Waals surface area contributed by atoms with Gasteiger partial charge in [-0.05, 0) is 37.1 Å². The van der Waals surface area contributed by atoms with Crippen LogP contribution in [-0.2, 0) is 0 Å². The van der Waals surface area contributed by atoms with Crippen molar-refractivity contribution in [3.05, 3.63) is 47.9 Å². The minimum Gasteiger partial charge on any atom is -0.397 e. The zero-order chi connectivity index (χ0) is 12.3. The van der Waals surface area contributed by atoms with Crippen LogP contribution in [0.1, 0.15) is 24.1 Å². The molecule has 0 fully saturated rings. The maximum absolute atomic E-state index is 5.67. The summed E-state index contributed by atoms with van der Waals surface area (Å²) in [5, 5.41) is 3.35. The summed E-state index contributed by atoms with van der Waals surface area (Å²) in [7, 11) is 0. The van der Waals surface area contributed by atoms with Crippen LogP contribution >= 0.6 is 0 Å². The van der Waals surface area contributed by atoms with Crippen molar-refractivity contribution in [1.29, 1.82) is 0 Å². The van der Waals surface area contributed by atoms with Crippen LogP contribution in [0.15, 0.2) is 36.8 Å². The molecule has 2 heterocycles. The number of nitrogens with zero attached hydrogens (tertiary/aromatic N) is 2. The van der Waals surface area contributed by atoms with Crippen LogP contribution in [0.5, 0.6) is 0 Å². The molecule has 2 aromatic rings. The first-order valence-electron chi connectivity index (χ1n) is 5.55. The van der Waals surface area contributed by atoms with Crippen molar-refractivity contribution < 1.29 is 0 Å². The van der Waals surface area contributed by atoms with Crippen LogP contribution in [-0.4, -0.2) is 9.97 Å². The molecule has 2 rings (SSSR count). The molecule has 0 aliphatic carbocycles. The molecule has 0 amide bonds. The molecule has 0 saturated carbocycles. The standard InChI is InChI=1S/C13H16N4/c1-9-6-12(14)8-16-13(9)17-10(2)11-4-3-5-15-7-11/h3-8,10H,14H2,1-2H3,(H,16,17). The molecule has 0 bridgehead atoms. The maximum atomic E-state index is 5.67. The van der Waals surface area contributed by atoms with Crippen molar-refractivity contribution >= 4 is 11.5 Å². The van der Waals surface area contributed by atoms with Gasteiger partial charge in [-0.25, -0.2) is 4.98 Å². The lowest BCUT2D eigenvalue weighted by Gasteiger charge is -2.16. The lowest BCUT2D eigenvalue weighted by Crippen LogP contribution is -2.09. The molecule has 88 valence electrons. The summed E-state index contributed by atoms with van der Waals surface area (Å²) in [6, 6.07) is 6.04. The molecule has 0 aliphatic heterocycles. The Morgan fingerprint density at radius 3 is 2.82 bits per heavy atom. The van der Waals surface area contributed by atoms with Gasteiger partial charge in [-0.3, -0.25) is 4.98 Å². The highest BCUT2D eigenvalue weighted by atomic mass is 15.0. The number of aryl methyl sites for hydroxylation is 1. The summed E-state index contributed by atoms with van der Waals surface area (Å²) in [5.41, 5.74) is 8.52. The molecule has 3 N–H and O–H groups in total. The SMILES string of the molecule is Cc1cc(N)cnc1NC(C)c1cccnc1. The molecule has 1 unspecified atom stereocenters. The monoisotopic (exact) mass is 228 g/mol. The Hall–Kier alpha value is -2.10. The van der Waals surface area contributed by atoms with Crippen LogP contribution in [0, 0.1) is 6.92 Å². The number of aromatic nitrogens is 2. The molecule has 0 aromatic carbocycles. The van der Waals surface area contributed by atoms with Gasteiger partial charge in [-0.1, -0.05) is 6.07 Å². The molecule has 0 spiro atoms. The quantitative estimate of drug-likeness (QED) is 0.847. The van der Waals surface area contributed by atoms with Gasteiger partial charge in [0.25, 0.3) is 0 Å². The number of pyridine rings is 2.